The van der Waals surface area contributed by atoms with Gasteiger partial charge in [-0.3, -0.25) is 14.5 Å². The number of ether oxygens (including phenoxy) is 2. The summed E-state index contributed by atoms with van der Waals surface area (Å²) >= 11 is 10.1. The number of rotatable bonds is 8. The average molecular weight is 584 g/mol. The fourth-order valence-electron chi connectivity index (χ4n) is 3.61. The Kier molecular flexibility index (Phi) is 8.45. The molecule has 0 bridgehead atoms. The van der Waals surface area contributed by atoms with Crippen molar-refractivity contribution in [3.63, 3.8) is 0 Å². The van der Waals surface area contributed by atoms with Crippen molar-refractivity contribution < 1.29 is 19.1 Å². The zero-order chi connectivity index (χ0) is 25.7. The van der Waals surface area contributed by atoms with E-state index in [4.69, 9.17) is 21.7 Å². The van der Waals surface area contributed by atoms with E-state index < -0.39 is 0 Å². The van der Waals surface area contributed by atoms with Gasteiger partial charge in [-0.2, -0.15) is 0 Å². The second kappa shape index (κ2) is 11.7. The molecule has 9 heteroatoms. The van der Waals surface area contributed by atoms with Gasteiger partial charge >= 0.3 is 0 Å². The second-order valence-corrected chi connectivity index (χ2v) is 10.5. The van der Waals surface area contributed by atoms with Crippen LogP contribution >= 0.6 is 39.9 Å². The fraction of sp³-hybridized carbons (Fsp3) is 0.148. The van der Waals surface area contributed by atoms with Gasteiger partial charge in [0.25, 0.3) is 11.8 Å². The fourth-order valence-corrected chi connectivity index (χ4v) is 5.30. The molecule has 1 N–H and O–H groups in total. The zero-order valence-corrected chi connectivity index (χ0v) is 22.8. The maximum atomic E-state index is 13.1. The predicted molar refractivity (Wildman–Crippen MR) is 151 cm³/mol. The van der Waals surface area contributed by atoms with Crippen molar-refractivity contribution in [1.29, 1.82) is 0 Å². The molecule has 6 nitrogen and oxygen atoms in total. The minimum absolute atomic E-state index is 0.134. The van der Waals surface area contributed by atoms with E-state index in [-0.39, 0.29) is 24.5 Å². The smallest absolute Gasteiger partial charge is 0.266 e. The molecular weight excluding hydrogens is 560 g/mol. The highest BCUT2D eigenvalue weighted by molar-refractivity contribution is 9.10. The van der Waals surface area contributed by atoms with Crippen molar-refractivity contribution >= 4 is 67.8 Å². The minimum Gasteiger partial charge on any atom is -0.493 e. The van der Waals surface area contributed by atoms with Gasteiger partial charge in [0.2, 0.25) is 0 Å². The molecule has 3 aromatic rings. The van der Waals surface area contributed by atoms with Crippen LogP contribution < -0.4 is 14.8 Å². The lowest BCUT2D eigenvalue weighted by Crippen LogP contribution is -2.30. The third-order valence-electron chi connectivity index (χ3n) is 5.47. The van der Waals surface area contributed by atoms with Crippen LogP contribution in [0.4, 0.5) is 5.69 Å². The molecule has 36 heavy (non-hydrogen) atoms. The molecule has 0 radical (unpaired) electrons. The van der Waals surface area contributed by atoms with Crippen molar-refractivity contribution in [1.82, 2.24) is 4.90 Å². The van der Waals surface area contributed by atoms with Crippen LogP contribution in [0.3, 0.4) is 0 Å². The van der Waals surface area contributed by atoms with E-state index in [1.165, 1.54) is 18.9 Å². The zero-order valence-electron chi connectivity index (χ0n) is 19.6. The first-order valence-electron chi connectivity index (χ1n) is 11.0. The van der Waals surface area contributed by atoms with E-state index >= 15 is 0 Å². The van der Waals surface area contributed by atoms with Gasteiger partial charge in [0.1, 0.15) is 4.32 Å². The van der Waals surface area contributed by atoms with Crippen molar-refractivity contribution in [2.24, 2.45) is 0 Å². The number of amides is 2. The Morgan fingerprint density at radius 3 is 2.53 bits per heavy atom. The van der Waals surface area contributed by atoms with Crippen molar-refractivity contribution in [3.8, 4) is 11.5 Å². The maximum absolute atomic E-state index is 13.1. The SMILES string of the molecule is COc1cc(/C=C2\SC(=S)N([C@@H](C)c3ccccc3)C2=O)ccc1OCC(=O)Nc1ccc(Br)cc1. The molecule has 1 saturated heterocycles. The van der Waals surface area contributed by atoms with Crippen LogP contribution in [0.2, 0.25) is 0 Å². The molecule has 0 aliphatic carbocycles. The van der Waals surface area contributed by atoms with Crippen LogP contribution in [0.25, 0.3) is 6.08 Å². The van der Waals surface area contributed by atoms with E-state index in [1.54, 1.807) is 41.3 Å². The lowest BCUT2D eigenvalue weighted by molar-refractivity contribution is -0.123. The van der Waals surface area contributed by atoms with Crippen LogP contribution in [0.1, 0.15) is 24.1 Å². The first kappa shape index (κ1) is 25.9. The number of thiocarbonyl (C=S) groups is 1. The van der Waals surface area contributed by atoms with Gasteiger partial charge in [0, 0.05) is 10.2 Å². The summed E-state index contributed by atoms with van der Waals surface area (Å²) in [6, 6.07) is 22.2. The Labute approximate surface area is 227 Å². The van der Waals surface area contributed by atoms with E-state index in [0.29, 0.717) is 26.4 Å². The van der Waals surface area contributed by atoms with Gasteiger partial charge in [0.15, 0.2) is 18.1 Å². The maximum Gasteiger partial charge on any atom is 0.266 e. The normalized spacial score (nSPS) is 15.2. The van der Waals surface area contributed by atoms with Crippen molar-refractivity contribution in [3.05, 3.63) is 93.3 Å². The van der Waals surface area contributed by atoms with Crippen LogP contribution in [0, 0.1) is 0 Å². The lowest BCUT2D eigenvalue weighted by atomic mass is 10.1. The predicted octanol–water partition coefficient (Wildman–Crippen LogP) is 6.44. The van der Waals surface area contributed by atoms with Crippen LogP contribution in [-0.2, 0) is 9.59 Å². The number of carbonyl (C=O) groups excluding carboxylic acids is 2. The van der Waals surface area contributed by atoms with Gasteiger partial charge < -0.3 is 14.8 Å². The van der Waals surface area contributed by atoms with Crippen molar-refractivity contribution in [2.45, 2.75) is 13.0 Å². The summed E-state index contributed by atoms with van der Waals surface area (Å²) in [6.45, 7) is 1.78. The second-order valence-electron chi connectivity index (χ2n) is 7.89. The third-order valence-corrected chi connectivity index (χ3v) is 7.32. The Hall–Kier alpha value is -3.14. The first-order valence-corrected chi connectivity index (χ1v) is 13.1. The highest BCUT2D eigenvalue weighted by atomic mass is 79.9. The molecule has 2 amide bonds. The van der Waals surface area contributed by atoms with Crippen LogP contribution in [0.5, 0.6) is 11.5 Å². The molecule has 1 aliphatic rings. The minimum atomic E-state index is -0.292. The molecule has 1 heterocycles. The molecule has 184 valence electrons. The van der Waals surface area contributed by atoms with Crippen LogP contribution in [0.15, 0.2) is 82.2 Å². The average Bonchev–Trinajstić information content (AvgIpc) is 3.16. The molecule has 0 aromatic heterocycles. The number of benzene rings is 3. The number of thioether (sulfide) groups is 1. The molecule has 3 aromatic carbocycles. The van der Waals surface area contributed by atoms with Gasteiger partial charge in [-0.05, 0) is 60.5 Å². The number of anilines is 1. The number of methoxy groups -OCH3 is 1. The Balaban J connectivity index is 1.43. The Morgan fingerprint density at radius 1 is 1.11 bits per heavy atom. The summed E-state index contributed by atoms with van der Waals surface area (Å²) in [5, 5.41) is 2.78. The summed E-state index contributed by atoms with van der Waals surface area (Å²) in [5.41, 5.74) is 2.45. The summed E-state index contributed by atoms with van der Waals surface area (Å²) < 4.78 is 12.6. The highest BCUT2D eigenvalue weighted by Gasteiger charge is 2.35. The molecule has 1 fully saturated rings. The van der Waals surface area contributed by atoms with Crippen LogP contribution in [-0.4, -0.2) is 34.8 Å². The molecular formula is C27H23BrN2O4S2. The number of carbonyl (C=O) groups is 2. The summed E-state index contributed by atoms with van der Waals surface area (Å²) in [7, 11) is 1.52. The lowest BCUT2D eigenvalue weighted by Gasteiger charge is -2.23. The summed E-state index contributed by atoms with van der Waals surface area (Å²) in [6.07, 6.45) is 1.78. The van der Waals surface area contributed by atoms with E-state index in [1.807, 2.05) is 49.4 Å². The van der Waals surface area contributed by atoms with E-state index in [2.05, 4.69) is 21.2 Å². The number of nitrogens with one attached hydrogen (secondary N) is 1. The quantitative estimate of drug-likeness (QED) is 0.243. The first-order chi connectivity index (χ1) is 17.4. The number of halogens is 1. The molecule has 0 saturated carbocycles. The monoisotopic (exact) mass is 582 g/mol. The van der Waals surface area contributed by atoms with Gasteiger partial charge in [-0.15, -0.1) is 0 Å². The summed E-state index contributed by atoms with van der Waals surface area (Å²) in [5.74, 6) is 0.448. The number of hydrogen-bond acceptors (Lipinski definition) is 6. The third kappa shape index (κ3) is 6.16. The van der Waals surface area contributed by atoms with E-state index in [9.17, 15) is 9.59 Å². The van der Waals surface area contributed by atoms with Crippen molar-refractivity contribution in [2.75, 3.05) is 19.0 Å². The van der Waals surface area contributed by atoms with E-state index in [0.717, 1.165) is 15.6 Å². The summed E-state index contributed by atoms with van der Waals surface area (Å²) in [4.78, 5) is 27.6. The standard InChI is InChI=1S/C27H23BrN2O4S2/c1-17(19-6-4-3-5-7-19)30-26(32)24(36-27(30)35)15-18-8-13-22(23(14-18)33-2)34-16-25(31)29-21-11-9-20(28)10-12-21/h3-15,17H,16H2,1-2H3,(H,29,31)/b24-15-/t17-/m0/s1. The molecule has 1 aliphatic heterocycles. The van der Waals surface area contributed by atoms with Gasteiger partial charge in [-0.25, -0.2) is 0 Å². The Bertz CT molecular complexity index is 1310. The number of nitrogens with zero attached hydrogens (tertiary/aromatic N) is 1. The Morgan fingerprint density at radius 2 is 1.83 bits per heavy atom. The topological polar surface area (TPSA) is 67.9 Å². The highest BCUT2D eigenvalue weighted by Crippen LogP contribution is 2.39. The molecule has 0 unspecified atom stereocenters. The molecule has 4 rings (SSSR count). The molecule has 0 spiro atoms. The largest absolute Gasteiger partial charge is 0.493 e. The van der Waals surface area contributed by atoms with Gasteiger partial charge in [0.05, 0.1) is 18.1 Å². The molecule has 1 atom stereocenters. The number of hydrogen-bond donors (Lipinski definition) is 1. The van der Waals surface area contributed by atoms with Gasteiger partial charge in [-0.1, -0.05) is 76.3 Å².